The standard InChI is InChI=1S/C22H21Cl2N5O4S/c1-2-32-22(31)28-9-7-27(8-10-28)17(14-6-5-13(23)12-15(14)24)18-20(30)29-21(34-18)25-19(26-29)16-4-3-11-33-16/h3-6,11-12,17,30H,2,7-10H2,1H3/t17-/m0/s1. The molecule has 1 amide bonds. The van der Waals surface area contributed by atoms with Gasteiger partial charge in [0.2, 0.25) is 16.7 Å². The van der Waals surface area contributed by atoms with Crippen LogP contribution in [0.5, 0.6) is 5.88 Å². The predicted molar refractivity (Wildman–Crippen MR) is 129 cm³/mol. The number of hydrogen-bond acceptors (Lipinski definition) is 8. The number of ether oxygens (including phenoxy) is 1. The molecule has 0 radical (unpaired) electrons. The number of aromatic nitrogens is 3. The number of rotatable bonds is 5. The quantitative estimate of drug-likeness (QED) is 0.397. The van der Waals surface area contributed by atoms with Crippen LogP contribution in [-0.2, 0) is 4.74 Å². The first-order valence-electron chi connectivity index (χ1n) is 10.7. The van der Waals surface area contributed by atoms with Crippen molar-refractivity contribution in [1.82, 2.24) is 24.4 Å². The summed E-state index contributed by atoms with van der Waals surface area (Å²) in [6, 6.07) is 8.45. The zero-order chi connectivity index (χ0) is 23.8. The van der Waals surface area contributed by atoms with Crippen LogP contribution in [0.3, 0.4) is 0 Å². The summed E-state index contributed by atoms with van der Waals surface area (Å²) in [5.41, 5.74) is 0.793. The molecule has 0 unspecified atom stereocenters. The van der Waals surface area contributed by atoms with Crippen molar-refractivity contribution >= 4 is 45.6 Å². The van der Waals surface area contributed by atoms with Gasteiger partial charge in [-0.25, -0.2) is 4.79 Å². The molecule has 0 spiro atoms. The van der Waals surface area contributed by atoms with Gasteiger partial charge < -0.3 is 19.2 Å². The van der Waals surface area contributed by atoms with E-state index in [-0.39, 0.29) is 18.0 Å². The molecule has 9 nitrogen and oxygen atoms in total. The minimum absolute atomic E-state index is 0.0193. The van der Waals surface area contributed by atoms with Gasteiger partial charge in [0.25, 0.3) is 0 Å². The van der Waals surface area contributed by atoms with Crippen molar-refractivity contribution in [2.45, 2.75) is 13.0 Å². The van der Waals surface area contributed by atoms with Crippen molar-refractivity contribution in [2.24, 2.45) is 0 Å². The van der Waals surface area contributed by atoms with E-state index in [2.05, 4.69) is 15.0 Å². The summed E-state index contributed by atoms with van der Waals surface area (Å²) in [5, 5.41) is 16.6. The Morgan fingerprint density at radius 3 is 2.71 bits per heavy atom. The highest BCUT2D eigenvalue weighted by Gasteiger charge is 2.34. The summed E-state index contributed by atoms with van der Waals surface area (Å²) in [4.78, 5) is 21.7. The number of nitrogens with zero attached hydrogens (tertiary/aromatic N) is 5. The molecule has 4 aromatic rings. The normalized spacial score (nSPS) is 15.7. The fourth-order valence-electron chi connectivity index (χ4n) is 4.04. The molecule has 34 heavy (non-hydrogen) atoms. The topological polar surface area (TPSA) is 96.3 Å². The largest absolute Gasteiger partial charge is 0.492 e. The number of benzene rings is 1. The molecular formula is C22H21Cl2N5O4S. The third-order valence-corrected chi connectivity index (χ3v) is 7.29. The second-order valence-electron chi connectivity index (χ2n) is 7.69. The van der Waals surface area contributed by atoms with Crippen molar-refractivity contribution in [3.63, 3.8) is 0 Å². The van der Waals surface area contributed by atoms with Crippen LogP contribution in [0.25, 0.3) is 16.5 Å². The summed E-state index contributed by atoms with van der Waals surface area (Å²) in [6.07, 6.45) is 1.22. The molecule has 0 aliphatic carbocycles. The van der Waals surface area contributed by atoms with E-state index in [4.69, 9.17) is 32.4 Å². The van der Waals surface area contributed by atoms with Crippen LogP contribution < -0.4 is 0 Å². The number of halogens is 2. The Morgan fingerprint density at radius 1 is 1.26 bits per heavy atom. The maximum absolute atomic E-state index is 12.2. The van der Waals surface area contributed by atoms with E-state index >= 15 is 0 Å². The van der Waals surface area contributed by atoms with Gasteiger partial charge in [-0.1, -0.05) is 40.6 Å². The maximum Gasteiger partial charge on any atom is 0.409 e. The Kier molecular flexibility index (Phi) is 6.39. The van der Waals surface area contributed by atoms with Gasteiger partial charge in [0.15, 0.2) is 5.76 Å². The van der Waals surface area contributed by atoms with E-state index in [1.165, 1.54) is 15.9 Å². The molecule has 1 fully saturated rings. The Labute approximate surface area is 209 Å². The number of furan rings is 1. The summed E-state index contributed by atoms with van der Waals surface area (Å²) < 4.78 is 11.9. The van der Waals surface area contributed by atoms with Crippen LogP contribution in [0, 0.1) is 0 Å². The van der Waals surface area contributed by atoms with Gasteiger partial charge in [-0.3, -0.25) is 4.90 Å². The van der Waals surface area contributed by atoms with E-state index in [1.807, 2.05) is 6.07 Å². The van der Waals surface area contributed by atoms with Gasteiger partial charge in [0.05, 0.1) is 23.8 Å². The fourth-order valence-corrected chi connectivity index (χ4v) is 5.66. The molecule has 1 aliphatic heterocycles. The number of piperazine rings is 1. The lowest BCUT2D eigenvalue weighted by Gasteiger charge is -2.38. The van der Waals surface area contributed by atoms with E-state index in [9.17, 15) is 9.90 Å². The lowest BCUT2D eigenvalue weighted by molar-refractivity contribution is 0.0715. The number of carbonyl (C=O) groups excluding carboxylic acids is 1. The third-order valence-electron chi connectivity index (χ3n) is 5.65. The number of carbonyl (C=O) groups is 1. The van der Waals surface area contributed by atoms with Crippen molar-refractivity contribution in [2.75, 3.05) is 32.8 Å². The Bertz CT molecular complexity index is 1310. The highest BCUT2D eigenvalue weighted by molar-refractivity contribution is 7.17. The average Bonchev–Trinajstić information content (AvgIpc) is 3.55. The molecule has 1 aliphatic rings. The smallest absolute Gasteiger partial charge is 0.409 e. The summed E-state index contributed by atoms with van der Waals surface area (Å²) in [5.74, 6) is 0.889. The number of aromatic hydroxyl groups is 1. The van der Waals surface area contributed by atoms with Crippen molar-refractivity contribution in [3.8, 4) is 17.5 Å². The lowest BCUT2D eigenvalue weighted by atomic mass is 10.0. The fraction of sp³-hybridized carbons (Fsp3) is 0.318. The number of thiazole rings is 1. The molecule has 1 saturated heterocycles. The molecule has 5 rings (SSSR count). The molecular weight excluding hydrogens is 501 g/mol. The summed E-state index contributed by atoms with van der Waals surface area (Å²) >= 11 is 14.1. The van der Waals surface area contributed by atoms with Gasteiger partial charge in [-0.05, 0) is 36.8 Å². The molecule has 12 heteroatoms. The Morgan fingerprint density at radius 2 is 2.06 bits per heavy atom. The minimum atomic E-state index is -0.380. The Balaban J connectivity index is 1.51. The highest BCUT2D eigenvalue weighted by atomic mass is 35.5. The van der Waals surface area contributed by atoms with Crippen LogP contribution in [0.1, 0.15) is 23.4 Å². The minimum Gasteiger partial charge on any atom is -0.492 e. The van der Waals surface area contributed by atoms with E-state index in [0.29, 0.717) is 64.3 Å². The zero-order valence-corrected chi connectivity index (χ0v) is 20.5. The first kappa shape index (κ1) is 23.0. The maximum atomic E-state index is 12.2. The molecule has 4 heterocycles. The Hall–Kier alpha value is -2.79. The van der Waals surface area contributed by atoms with Crippen LogP contribution in [0.15, 0.2) is 41.0 Å². The second-order valence-corrected chi connectivity index (χ2v) is 9.54. The van der Waals surface area contributed by atoms with Crippen LogP contribution in [-0.4, -0.2) is 68.4 Å². The lowest BCUT2D eigenvalue weighted by Crippen LogP contribution is -2.50. The molecule has 0 bridgehead atoms. The van der Waals surface area contributed by atoms with E-state index in [1.54, 1.807) is 42.4 Å². The third kappa shape index (κ3) is 4.22. The number of fused-ring (bicyclic) bond motifs is 1. The van der Waals surface area contributed by atoms with Gasteiger partial charge in [0.1, 0.15) is 0 Å². The summed E-state index contributed by atoms with van der Waals surface area (Å²) in [6.45, 7) is 4.22. The van der Waals surface area contributed by atoms with Crippen LogP contribution in [0.4, 0.5) is 4.79 Å². The zero-order valence-electron chi connectivity index (χ0n) is 18.1. The molecule has 1 N–H and O–H groups in total. The first-order chi connectivity index (χ1) is 16.5. The van der Waals surface area contributed by atoms with Gasteiger partial charge in [-0.2, -0.15) is 9.50 Å². The van der Waals surface area contributed by atoms with Crippen LogP contribution in [0.2, 0.25) is 10.0 Å². The van der Waals surface area contributed by atoms with E-state index < -0.39 is 0 Å². The van der Waals surface area contributed by atoms with Gasteiger partial charge >= 0.3 is 6.09 Å². The number of hydrogen-bond donors (Lipinski definition) is 1. The predicted octanol–water partition coefficient (Wildman–Crippen LogP) is 4.93. The van der Waals surface area contributed by atoms with Crippen molar-refractivity contribution < 1.29 is 19.1 Å². The molecule has 3 aromatic heterocycles. The first-order valence-corrected chi connectivity index (χ1v) is 12.3. The molecule has 1 aromatic carbocycles. The van der Waals surface area contributed by atoms with Crippen molar-refractivity contribution in [1.29, 1.82) is 0 Å². The highest BCUT2D eigenvalue weighted by Crippen LogP contribution is 2.43. The molecule has 0 saturated carbocycles. The van der Waals surface area contributed by atoms with Crippen molar-refractivity contribution in [3.05, 3.63) is 57.1 Å². The van der Waals surface area contributed by atoms with Gasteiger partial charge in [0, 0.05) is 36.2 Å². The van der Waals surface area contributed by atoms with Crippen LogP contribution >= 0.6 is 34.5 Å². The second kappa shape index (κ2) is 9.46. The number of amides is 1. The molecule has 1 atom stereocenters. The van der Waals surface area contributed by atoms with E-state index in [0.717, 1.165) is 5.56 Å². The molecule has 178 valence electrons. The average molecular weight is 522 g/mol. The van der Waals surface area contributed by atoms with Gasteiger partial charge in [-0.15, -0.1) is 5.10 Å². The SMILES string of the molecule is CCOC(=O)N1CCN([C@@H](c2ccc(Cl)cc2Cl)c2sc3nc(-c4ccco4)nn3c2O)CC1. The summed E-state index contributed by atoms with van der Waals surface area (Å²) in [7, 11) is 0. The monoisotopic (exact) mass is 521 g/mol.